The van der Waals surface area contributed by atoms with Gasteiger partial charge in [-0.3, -0.25) is 4.79 Å². The number of carbonyl (C=O) groups is 2. The molecule has 0 spiro atoms. The highest BCUT2D eigenvalue weighted by Gasteiger charge is 2.22. The second-order valence-corrected chi connectivity index (χ2v) is 5.27. The first kappa shape index (κ1) is 14.0. The molecular weight excluding hydrogens is 312 g/mol. The summed E-state index contributed by atoms with van der Waals surface area (Å²) in [6.07, 6.45) is 1.84. The number of methoxy groups -OCH3 is 1. The molecule has 1 unspecified atom stereocenters. The van der Waals surface area contributed by atoms with Gasteiger partial charge in [0.25, 0.3) is 0 Å². The van der Waals surface area contributed by atoms with E-state index < -0.39 is 5.97 Å². The second-order valence-electron chi connectivity index (χ2n) is 4.36. The van der Waals surface area contributed by atoms with E-state index in [0.717, 1.165) is 19.4 Å². The SMILES string of the molecule is COC(=O)c1cc(Br)cc(NC(=O)C2CCCN2)c1. The molecular formula is C13H15BrN2O3. The summed E-state index contributed by atoms with van der Waals surface area (Å²) in [5, 5.41) is 5.93. The van der Waals surface area contributed by atoms with E-state index in [1.807, 2.05) is 0 Å². The van der Waals surface area contributed by atoms with Gasteiger partial charge in [0, 0.05) is 10.2 Å². The van der Waals surface area contributed by atoms with E-state index in [-0.39, 0.29) is 11.9 Å². The Hall–Kier alpha value is -1.40. The fourth-order valence-corrected chi connectivity index (χ4v) is 2.53. The van der Waals surface area contributed by atoms with Crippen LogP contribution >= 0.6 is 15.9 Å². The summed E-state index contributed by atoms with van der Waals surface area (Å²) in [5.74, 6) is -0.512. The Balaban J connectivity index is 2.13. The predicted molar refractivity (Wildman–Crippen MR) is 75.1 cm³/mol. The third-order valence-corrected chi connectivity index (χ3v) is 3.42. The highest BCUT2D eigenvalue weighted by molar-refractivity contribution is 9.10. The van der Waals surface area contributed by atoms with Crippen LogP contribution in [0.3, 0.4) is 0 Å². The van der Waals surface area contributed by atoms with Gasteiger partial charge in [-0.15, -0.1) is 0 Å². The first-order chi connectivity index (χ1) is 9.10. The molecule has 19 heavy (non-hydrogen) atoms. The fraction of sp³-hybridized carbons (Fsp3) is 0.385. The number of rotatable bonds is 3. The van der Waals surface area contributed by atoms with Gasteiger partial charge in [-0.2, -0.15) is 0 Å². The summed E-state index contributed by atoms with van der Waals surface area (Å²) >= 11 is 3.31. The zero-order chi connectivity index (χ0) is 13.8. The zero-order valence-electron chi connectivity index (χ0n) is 10.5. The molecule has 0 aliphatic carbocycles. The molecule has 102 valence electrons. The van der Waals surface area contributed by atoms with Crippen molar-refractivity contribution in [3.05, 3.63) is 28.2 Å². The summed E-state index contributed by atoms with van der Waals surface area (Å²) in [7, 11) is 1.32. The lowest BCUT2D eigenvalue weighted by atomic mass is 10.2. The molecule has 0 radical (unpaired) electrons. The lowest BCUT2D eigenvalue weighted by molar-refractivity contribution is -0.117. The van der Waals surface area contributed by atoms with Gasteiger partial charge in [0.2, 0.25) is 5.91 Å². The maximum atomic E-state index is 12.0. The van der Waals surface area contributed by atoms with E-state index in [0.29, 0.717) is 15.7 Å². The third-order valence-electron chi connectivity index (χ3n) is 2.96. The van der Waals surface area contributed by atoms with E-state index >= 15 is 0 Å². The molecule has 1 atom stereocenters. The van der Waals surface area contributed by atoms with E-state index in [4.69, 9.17) is 0 Å². The van der Waals surface area contributed by atoms with Crippen LogP contribution in [-0.2, 0) is 9.53 Å². The average molecular weight is 327 g/mol. The van der Waals surface area contributed by atoms with Crippen LogP contribution in [0.5, 0.6) is 0 Å². The van der Waals surface area contributed by atoms with E-state index in [1.165, 1.54) is 7.11 Å². The van der Waals surface area contributed by atoms with Crippen LogP contribution in [0.25, 0.3) is 0 Å². The monoisotopic (exact) mass is 326 g/mol. The smallest absolute Gasteiger partial charge is 0.337 e. The van der Waals surface area contributed by atoms with Crippen LogP contribution in [0, 0.1) is 0 Å². The van der Waals surface area contributed by atoms with E-state index in [9.17, 15) is 9.59 Å². The van der Waals surface area contributed by atoms with Crippen LogP contribution in [-0.4, -0.2) is 31.6 Å². The molecule has 1 aliphatic rings. The quantitative estimate of drug-likeness (QED) is 0.833. The van der Waals surface area contributed by atoms with Gasteiger partial charge in [-0.25, -0.2) is 4.79 Å². The predicted octanol–water partition coefficient (Wildman–Crippen LogP) is 1.93. The molecule has 0 bridgehead atoms. The Kier molecular flexibility index (Phi) is 4.55. The number of benzene rings is 1. The standard InChI is InChI=1S/C13H15BrN2O3/c1-19-13(18)8-5-9(14)7-10(6-8)16-12(17)11-3-2-4-15-11/h5-7,11,15H,2-4H2,1H3,(H,16,17). The highest BCUT2D eigenvalue weighted by atomic mass is 79.9. The number of hydrogen-bond acceptors (Lipinski definition) is 4. The first-order valence-electron chi connectivity index (χ1n) is 6.03. The minimum Gasteiger partial charge on any atom is -0.465 e. The van der Waals surface area contributed by atoms with E-state index in [1.54, 1.807) is 18.2 Å². The molecule has 2 N–H and O–H groups in total. The number of esters is 1. The number of nitrogens with one attached hydrogen (secondary N) is 2. The average Bonchev–Trinajstić information content (AvgIpc) is 2.91. The van der Waals surface area contributed by atoms with Crippen molar-refractivity contribution in [1.82, 2.24) is 5.32 Å². The summed E-state index contributed by atoms with van der Waals surface area (Å²) in [5.41, 5.74) is 0.972. The van der Waals surface area contributed by atoms with Crippen molar-refractivity contribution in [3.8, 4) is 0 Å². The zero-order valence-corrected chi connectivity index (χ0v) is 12.1. The molecule has 1 aromatic carbocycles. The normalized spacial score (nSPS) is 18.1. The summed E-state index contributed by atoms with van der Waals surface area (Å²) < 4.78 is 5.38. The largest absolute Gasteiger partial charge is 0.465 e. The lowest BCUT2D eigenvalue weighted by Gasteiger charge is -2.12. The molecule has 1 saturated heterocycles. The van der Waals surface area contributed by atoms with Crippen molar-refractivity contribution in [1.29, 1.82) is 0 Å². The minimum atomic E-state index is -0.434. The van der Waals surface area contributed by atoms with E-state index in [2.05, 4.69) is 31.3 Å². The fourth-order valence-electron chi connectivity index (χ4n) is 2.04. The number of anilines is 1. The van der Waals surface area contributed by atoms with Crippen LogP contribution in [0.15, 0.2) is 22.7 Å². The molecule has 1 amide bonds. The van der Waals surface area contributed by atoms with Crippen molar-refractivity contribution in [2.24, 2.45) is 0 Å². The first-order valence-corrected chi connectivity index (χ1v) is 6.82. The summed E-state index contributed by atoms with van der Waals surface area (Å²) in [6.45, 7) is 0.865. The van der Waals surface area contributed by atoms with Gasteiger partial charge >= 0.3 is 5.97 Å². The Morgan fingerprint density at radius 1 is 1.42 bits per heavy atom. The van der Waals surface area contributed by atoms with Crippen LogP contribution in [0.4, 0.5) is 5.69 Å². The topological polar surface area (TPSA) is 67.4 Å². The molecule has 5 nitrogen and oxygen atoms in total. The second kappa shape index (κ2) is 6.16. The van der Waals surface area contributed by atoms with Crippen molar-refractivity contribution in [2.75, 3.05) is 19.0 Å². The Morgan fingerprint density at radius 2 is 2.21 bits per heavy atom. The van der Waals surface area contributed by atoms with Gasteiger partial charge in [0.15, 0.2) is 0 Å². The Labute approximate surface area is 119 Å². The van der Waals surface area contributed by atoms with Gasteiger partial charge in [0.1, 0.15) is 0 Å². The molecule has 1 heterocycles. The highest BCUT2D eigenvalue weighted by Crippen LogP contribution is 2.21. The minimum absolute atomic E-state index is 0.0774. The maximum Gasteiger partial charge on any atom is 0.337 e. The van der Waals surface area contributed by atoms with Crippen LogP contribution < -0.4 is 10.6 Å². The lowest BCUT2D eigenvalue weighted by Crippen LogP contribution is -2.35. The molecule has 0 saturated carbocycles. The maximum absolute atomic E-state index is 12.0. The van der Waals surface area contributed by atoms with Gasteiger partial charge in [-0.05, 0) is 37.6 Å². The summed E-state index contributed by atoms with van der Waals surface area (Å²) in [4.78, 5) is 23.5. The van der Waals surface area contributed by atoms with Gasteiger partial charge in [-0.1, -0.05) is 15.9 Å². The molecule has 1 aromatic rings. The number of halogens is 1. The van der Waals surface area contributed by atoms with Crippen molar-refractivity contribution >= 4 is 33.5 Å². The third kappa shape index (κ3) is 3.54. The summed E-state index contributed by atoms with van der Waals surface area (Å²) in [6, 6.07) is 4.85. The molecule has 0 aromatic heterocycles. The van der Waals surface area contributed by atoms with Gasteiger partial charge < -0.3 is 15.4 Å². The van der Waals surface area contributed by atoms with Crippen LogP contribution in [0.1, 0.15) is 23.2 Å². The van der Waals surface area contributed by atoms with Crippen molar-refractivity contribution < 1.29 is 14.3 Å². The molecule has 1 aliphatic heterocycles. The Bertz CT molecular complexity index is 499. The van der Waals surface area contributed by atoms with Crippen LogP contribution in [0.2, 0.25) is 0 Å². The van der Waals surface area contributed by atoms with Crippen molar-refractivity contribution in [3.63, 3.8) is 0 Å². The number of ether oxygens (including phenoxy) is 1. The molecule has 1 fully saturated rings. The number of amides is 1. The molecule has 6 heteroatoms. The number of hydrogen-bond donors (Lipinski definition) is 2. The van der Waals surface area contributed by atoms with Gasteiger partial charge in [0.05, 0.1) is 18.7 Å². The van der Waals surface area contributed by atoms with Crippen molar-refractivity contribution in [2.45, 2.75) is 18.9 Å². The molecule has 2 rings (SSSR count). The number of carbonyl (C=O) groups excluding carboxylic acids is 2. The Morgan fingerprint density at radius 3 is 2.84 bits per heavy atom.